The molecule has 2 aromatic rings. The Bertz CT molecular complexity index is 571. The molecule has 94 valence electrons. The first-order valence-electron chi connectivity index (χ1n) is 4.83. The average molecular weight is 254 g/mol. The van der Waals surface area contributed by atoms with Crippen molar-refractivity contribution in [2.75, 3.05) is 5.73 Å². The fourth-order valence-corrected chi connectivity index (χ4v) is 1.29. The van der Waals surface area contributed by atoms with Gasteiger partial charge in [-0.3, -0.25) is 4.79 Å². The molecule has 0 aliphatic carbocycles. The monoisotopic (exact) mass is 254 g/mol. The van der Waals surface area contributed by atoms with E-state index in [0.717, 1.165) is 12.1 Å². The largest absolute Gasteiger partial charge is 0.396 e. The van der Waals surface area contributed by atoms with Crippen LogP contribution in [0.1, 0.15) is 16.2 Å². The number of tetrazole rings is 1. The third-order valence-electron chi connectivity index (χ3n) is 2.11. The number of hydrogen-bond acceptors (Lipinski definition) is 5. The molecule has 2 rings (SSSR count). The zero-order chi connectivity index (χ0) is 13.1. The first-order chi connectivity index (χ1) is 8.58. The van der Waals surface area contributed by atoms with Crippen LogP contribution in [0.25, 0.3) is 0 Å². The highest BCUT2D eigenvalue weighted by atomic mass is 19.1. The predicted molar refractivity (Wildman–Crippen MR) is 56.1 cm³/mol. The molecule has 0 radical (unpaired) electrons. The SMILES string of the molecule is Nc1cc(F)cc(C(=O)NCc2nn[nH]n2)c1F. The Morgan fingerprint density at radius 1 is 1.44 bits per heavy atom. The van der Waals surface area contributed by atoms with Crippen molar-refractivity contribution in [2.45, 2.75) is 6.54 Å². The van der Waals surface area contributed by atoms with E-state index in [4.69, 9.17) is 5.73 Å². The maximum atomic E-state index is 13.5. The van der Waals surface area contributed by atoms with Crippen LogP contribution in [0, 0.1) is 11.6 Å². The zero-order valence-corrected chi connectivity index (χ0v) is 8.94. The summed E-state index contributed by atoms with van der Waals surface area (Å²) < 4.78 is 26.5. The molecule has 9 heteroatoms. The van der Waals surface area contributed by atoms with Crippen LogP contribution < -0.4 is 11.1 Å². The van der Waals surface area contributed by atoms with Gasteiger partial charge in [0.1, 0.15) is 5.82 Å². The Balaban J connectivity index is 2.14. The van der Waals surface area contributed by atoms with Gasteiger partial charge in [0.05, 0.1) is 17.8 Å². The minimum atomic E-state index is -0.970. The number of hydrogen-bond donors (Lipinski definition) is 3. The Morgan fingerprint density at radius 2 is 2.22 bits per heavy atom. The van der Waals surface area contributed by atoms with Crippen molar-refractivity contribution in [1.82, 2.24) is 25.9 Å². The summed E-state index contributed by atoms with van der Waals surface area (Å²) in [6, 6.07) is 1.56. The fourth-order valence-electron chi connectivity index (χ4n) is 1.29. The number of H-pyrrole nitrogens is 1. The maximum absolute atomic E-state index is 13.5. The van der Waals surface area contributed by atoms with Gasteiger partial charge in [0, 0.05) is 0 Å². The van der Waals surface area contributed by atoms with Gasteiger partial charge in [-0.2, -0.15) is 5.21 Å². The van der Waals surface area contributed by atoms with E-state index in [1.807, 2.05) is 0 Å². The van der Waals surface area contributed by atoms with Gasteiger partial charge < -0.3 is 11.1 Å². The zero-order valence-electron chi connectivity index (χ0n) is 8.94. The fraction of sp³-hybridized carbons (Fsp3) is 0.111. The van der Waals surface area contributed by atoms with E-state index in [1.165, 1.54) is 0 Å². The van der Waals surface area contributed by atoms with Gasteiger partial charge in [0.15, 0.2) is 11.6 Å². The van der Waals surface area contributed by atoms with Crippen molar-refractivity contribution < 1.29 is 13.6 Å². The van der Waals surface area contributed by atoms with E-state index in [0.29, 0.717) is 0 Å². The second kappa shape index (κ2) is 4.73. The van der Waals surface area contributed by atoms with Crippen LogP contribution in [0.15, 0.2) is 12.1 Å². The number of carbonyl (C=O) groups excluding carboxylic acids is 1. The Labute approximate surface area is 99.4 Å². The van der Waals surface area contributed by atoms with Crippen LogP contribution in [-0.4, -0.2) is 26.5 Å². The molecule has 0 atom stereocenters. The summed E-state index contributed by atoms with van der Waals surface area (Å²) >= 11 is 0. The lowest BCUT2D eigenvalue weighted by molar-refractivity contribution is 0.0945. The molecular weight excluding hydrogens is 246 g/mol. The summed E-state index contributed by atoms with van der Waals surface area (Å²) in [7, 11) is 0. The lowest BCUT2D eigenvalue weighted by Crippen LogP contribution is -2.25. The number of nitrogens with zero attached hydrogens (tertiary/aromatic N) is 3. The standard InChI is InChI=1S/C9H8F2N6O/c10-4-1-5(8(11)6(12)2-4)9(18)13-3-7-14-16-17-15-7/h1-2H,3,12H2,(H,13,18)(H,14,15,16,17). The summed E-state index contributed by atoms with van der Waals surface area (Å²) in [5.74, 6) is -2.36. The van der Waals surface area contributed by atoms with Crippen LogP contribution in [-0.2, 0) is 6.54 Å². The molecule has 18 heavy (non-hydrogen) atoms. The molecule has 1 aromatic carbocycles. The number of halogens is 2. The molecule has 4 N–H and O–H groups in total. The van der Waals surface area contributed by atoms with Gasteiger partial charge >= 0.3 is 0 Å². The first-order valence-corrected chi connectivity index (χ1v) is 4.83. The third-order valence-corrected chi connectivity index (χ3v) is 2.11. The van der Waals surface area contributed by atoms with E-state index >= 15 is 0 Å². The number of rotatable bonds is 3. The van der Waals surface area contributed by atoms with Crippen LogP contribution in [0.4, 0.5) is 14.5 Å². The number of benzene rings is 1. The van der Waals surface area contributed by atoms with E-state index < -0.39 is 28.8 Å². The molecule has 1 amide bonds. The molecule has 1 aromatic heterocycles. The van der Waals surface area contributed by atoms with E-state index in [-0.39, 0.29) is 12.4 Å². The molecular formula is C9H8F2N6O. The summed E-state index contributed by atoms with van der Waals surface area (Å²) in [6.45, 7) is -0.0643. The Kier molecular flexibility index (Phi) is 3.13. The molecule has 0 fully saturated rings. The molecule has 0 saturated heterocycles. The van der Waals surface area contributed by atoms with Gasteiger partial charge in [-0.1, -0.05) is 5.21 Å². The van der Waals surface area contributed by atoms with Crippen molar-refractivity contribution >= 4 is 11.6 Å². The summed E-state index contributed by atoms with van der Waals surface area (Å²) in [4.78, 5) is 11.6. The van der Waals surface area contributed by atoms with Crippen molar-refractivity contribution in [1.29, 1.82) is 0 Å². The van der Waals surface area contributed by atoms with Gasteiger partial charge in [-0.05, 0) is 12.1 Å². The van der Waals surface area contributed by atoms with Crippen LogP contribution in [0.3, 0.4) is 0 Å². The lowest BCUT2D eigenvalue weighted by Gasteiger charge is -2.06. The van der Waals surface area contributed by atoms with Crippen LogP contribution >= 0.6 is 0 Å². The average Bonchev–Trinajstić information content (AvgIpc) is 2.83. The van der Waals surface area contributed by atoms with Crippen molar-refractivity contribution in [3.8, 4) is 0 Å². The highest BCUT2D eigenvalue weighted by Gasteiger charge is 2.16. The number of amides is 1. The molecule has 0 bridgehead atoms. The minimum absolute atomic E-state index is 0.0643. The first kappa shape index (κ1) is 11.9. The second-order valence-corrected chi connectivity index (χ2v) is 3.37. The van der Waals surface area contributed by atoms with Crippen molar-refractivity contribution in [3.63, 3.8) is 0 Å². The molecule has 1 heterocycles. The number of aromatic amines is 1. The Hall–Kier alpha value is -2.58. The number of nitrogens with two attached hydrogens (primary N) is 1. The molecule has 0 unspecified atom stereocenters. The van der Waals surface area contributed by atoms with Gasteiger partial charge in [-0.15, -0.1) is 10.2 Å². The lowest BCUT2D eigenvalue weighted by atomic mass is 10.1. The summed E-state index contributed by atoms with van der Waals surface area (Å²) in [6.07, 6.45) is 0. The number of aromatic nitrogens is 4. The summed E-state index contributed by atoms with van der Waals surface area (Å²) in [5.41, 5.74) is 4.31. The van der Waals surface area contributed by atoms with Gasteiger partial charge in [0.2, 0.25) is 0 Å². The smallest absolute Gasteiger partial charge is 0.254 e. The van der Waals surface area contributed by atoms with Crippen LogP contribution in [0.5, 0.6) is 0 Å². The quantitative estimate of drug-likeness (QED) is 0.667. The number of anilines is 1. The molecule has 7 nitrogen and oxygen atoms in total. The Morgan fingerprint density at radius 3 is 2.89 bits per heavy atom. The minimum Gasteiger partial charge on any atom is -0.396 e. The van der Waals surface area contributed by atoms with E-state index in [2.05, 4.69) is 25.9 Å². The van der Waals surface area contributed by atoms with Crippen molar-refractivity contribution in [2.24, 2.45) is 0 Å². The van der Waals surface area contributed by atoms with Gasteiger partial charge in [0.25, 0.3) is 5.91 Å². The molecule has 0 aliphatic rings. The predicted octanol–water partition coefficient (Wildman–Crippen LogP) is -0.00990. The molecule has 0 saturated carbocycles. The summed E-state index contributed by atoms with van der Waals surface area (Å²) in [5, 5.41) is 14.9. The molecule has 0 aliphatic heterocycles. The topological polar surface area (TPSA) is 110 Å². The highest BCUT2D eigenvalue weighted by Crippen LogP contribution is 2.17. The normalized spacial score (nSPS) is 10.3. The van der Waals surface area contributed by atoms with Gasteiger partial charge in [-0.25, -0.2) is 8.78 Å². The second-order valence-electron chi connectivity index (χ2n) is 3.37. The van der Waals surface area contributed by atoms with E-state index in [9.17, 15) is 13.6 Å². The van der Waals surface area contributed by atoms with Crippen molar-refractivity contribution in [3.05, 3.63) is 35.2 Å². The number of nitrogens with one attached hydrogen (secondary N) is 2. The third kappa shape index (κ3) is 2.39. The van der Waals surface area contributed by atoms with Crippen LogP contribution in [0.2, 0.25) is 0 Å². The highest BCUT2D eigenvalue weighted by molar-refractivity contribution is 5.95. The number of nitrogen functional groups attached to an aromatic ring is 1. The van der Waals surface area contributed by atoms with E-state index in [1.54, 1.807) is 0 Å². The number of carbonyl (C=O) groups is 1. The maximum Gasteiger partial charge on any atom is 0.254 e. The molecule has 0 spiro atoms.